The van der Waals surface area contributed by atoms with Crippen LogP contribution in [0.25, 0.3) is 5.69 Å². The summed E-state index contributed by atoms with van der Waals surface area (Å²) in [5.74, 6) is -0.342. The second-order valence-corrected chi connectivity index (χ2v) is 5.76. The maximum atomic E-state index is 13.6. The number of nitrogens with one attached hydrogen (secondary N) is 2. The van der Waals surface area contributed by atoms with E-state index in [0.717, 1.165) is 17.1 Å². The maximum absolute atomic E-state index is 13.6. The molecule has 25 heavy (non-hydrogen) atoms. The van der Waals surface area contributed by atoms with Crippen LogP contribution in [-0.2, 0) is 6.54 Å². The zero-order valence-corrected chi connectivity index (χ0v) is 14.1. The van der Waals surface area contributed by atoms with Crippen molar-refractivity contribution in [2.75, 3.05) is 5.32 Å². The van der Waals surface area contributed by atoms with Gasteiger partial charge in [0.2, 0.25) is 0 Å². The Morgan fingerprint density at radius 3 is 2.56 bits per heavy atom. The number of hydrogen-bond acceptors (Lipinski definition) is 2. The molecular formula is C19H19FN4O. The number of urea groups is 1. The van der Waals surface area contributed by atoms with E-state index in [4.69, 9.17) is 0 Å². The van der Waals surface area contributed by atoms with Crippen molar-refractivity contribution in [1.29, 1.82) is 0 Å². The van der Waals surface area contributed by atoms with E-state index in [-0.39, 0.29) is 12.4 Å². The number of nitrogens with zero attached hydrogens (tertiary/aromatic N) is 2. The van der Waals surface area contributed by atoms with Crippen LogP contribution >= 0.6 is 0 Å². The van der Waals surface area contributed by atoms with Gasteiger partial charge in [0, 0.05) is 17.8 Å². The van der Waals surface area contributed by atoms with Crippen LogP contribution in [0.5, 0.6) is 0 Å². The predicted octanol–water partition coefficient (Wildman–Crippen LogP) is 3.95. The number of aryl methyl sites for hydroxylation is 2. The van der Waals surface area contributed by atoms with Crippen LogP contribution in [0.2, 0.25) is 0 Å². The van der Waals surface area contributed by atoms with Gasteiger partial charge in [-0.2, -0.15) is 5.10 Å². The fourth-order valence-electron chi connectivity index (χ4n) is 2.62. The average Bonchev–Trinajstić information content (AvgIpc) is 2.93. The Bertz CT molecular complexity index is 904. The smallest absolute Gasteiger partial charge is 0.319 e. The van der Waals surface area contributed by atoms with E-state index in [1.54, 1.807) is 28.9 Å². The van der Waals surface area contributed by atoms with Gasteiger partial charge in [-0.15, -0.1) is 0 Å². The minimum Gasteiger partial charge on any atom is -0.334 e. The first-order valence-electron chi connectivity index (χ1n) is 7.95. The third-order valence-electron chi connectivity index (χ3n) is 3.79. The van der Waals surface area contributed by atoms with E-state index < -0.39 is 6.03 Å². The Morgan fingerprint density at radius 2 is 1.84 bits per heavy atom. The van der Waals surface area contributed by atoms with Gasteiger partial charge in [-0.25, -0.2) is 13.9 Å². The van der Waals surface area contributed by atoms with E-state index in [1.807, 2.05) is 38.1 Å². The van der Waals surface area contributed by atoms with Gasteiger partial charge in [-0.3, -0.25) is 0 Å². The lowest BCUT2D eigenvalue weighted by Crippen LogP contribution is -2.29. The standard InChI is InChI=1S/C19H19FN4O/c1-13-11-14(2)24(23-13)18-10-6-5-9-17(18)22-19(25)21-12-15-7-3-4-8-16(15)20/h3-11H,12H2,1-2H3,(H2,21,22,25). The molecule has 2 aromatic carbocycles. The van der Waals surface area contributed by atoms with Crippen molar-refractivity contribution in [1.82, 2.24) is 15.1 Å². The number of carbonyl (C=O) groups is 1. The molecule has 2 amide bonds. The molecule has 3 aromatic rings. The van der Waals surface area contributed by atoms with Gasteiger partial charge < -0.3 is 10.6 Å². The van der Waals surface area contributed by atoms with Gasteiger partial charge in [0.1, 0.15) is 5.82 Å². The van der Waals surface area contributed by atoms with E-state index in [2.05, 4.69) is 15.7 Å². The van der Waals surface area contributed by atoms with E-state index in [0.29, 0.717) is 11.3 Å². The summed E-state index contributed by atoms with van der Waals surface area (Å²) in [6.45, 7) is 3.98. The molecule has 0 aliphatic rings. The van der Waals surface area contributed by atoms with Crippen LogP contribution < -0.4 is 10.6 Å². The summed E-state index contributed by atoms with van der Waals surface area (Å²) in [5, 5.41) is 9.92. The van der Waals surface area contributed by atoms with Crippen LogP contribution in [0.4, 0.5) is 14.9 Å². The van der Waals surface area contributed by atoms with E-state index >= 15 is 0 Å². The highest BCUT2D eigenvalue weighted by Crippen LogP contribution is 2.21. The van der Waals surface area contributed by atoms with E-state index in [1.165, 1.54) is 6.07 Å². The van der Waals surface area contributed by atoms with Crippen LogP contribution in [0.15, 0.2) is 54.6 Å². The lowest BCUT2D eigenvalue weighted by atomic mass is 10.2. The largest absolute Gasteiger partial charge is 0.334 e. The topological polar surface area (TPSA) is 59.0 Å². The molecule has 6 heteroatoms. The van der Waals surface area contributed by atoms with Crippen molar-refractivity contribution in [3.05, 3.63) is 77.4 Å². The van der Waals surface area contributed by atoms with Crippen molar-refractivity contribution >= 4 is 11.7 Å². The lowest BCUT2D eigenvalue weighted by molar-refractivity contribution is 0.251. The Labute approximate surface area is 145 Å². The predicted molar refractivity (Wildman–Crippen MR) is 95.3 cm³/mol. The molecule has 5 nitrogen and oxygen atoms in total. The molecular weight excluding hydrogens is 319 g/mol. The van der Waals surface area contributed by atoms with E-state index in [9.17, 15) is 9.18 Å². The maximum Gasteiger partial charge on any atom is 0.319 e. The first kappa shape index (κ1) is 16.7. The molecule has 0 spiro atoms. The summed E-state index contributed by atoms with van der Waals surface area (Å²) in [4.78, 5) is 12.2. The molecule has 0 saturated heterocycles. The van der Waals surface area contributed by atoms with Gasteiger partial charge in [0.05, 0.1) is 17.1 Å². The number of halogens is 1. The molecule has 3 rings (SSSR count). The monoisotopic (exact) mass is 338 g/mol. The molecule has 2 N–H and O–H groups in total. The second kappa shape index (κ2) is 7.17. The Morgan fingerprint density at radius 1 is 1.12 bits per heavy atom. The third kappa shape index (κ3) is 3.85. The van der Waals surface area contributed by atoms with Gasteiger partial charge in [-0.05, 0) is 38.1 Å². The lowest BCUT2D eigenvalue weighted by Gasteiger charge is -2.13. The molecule has 0 fully saturated rings. The summed E-state index contributed by atoms with van der Waals surface area (Å²) >= 11 is 0. The summed E-state index contributed by atoms with van der Waals surface area (Å²) in [6, 6.07) is 15.3. The molecule has 0 radical (unpaired) electrons. The van der Waals surface area contributed by atoms with Crippen molar-refractivity contribution in [2.45, 2.75) is 20.4 Å². The number of carbonyl (C=O) groups excluding carboxylic acids is 1. The minimum atomic E-state index is -0.405. The highest BCUT2D eigenvalue weighted by Gasteiger charge is 2.11. The summed E-state index contributed by atoms with van der Waals surface area (Å²) in [7, 11) is 0. The zero-order chi connectivity index (χ0) is 17.8. The highest BCUT2D eigenvalue weighted by atomic mass is 19.1. The molecule has 0 bridgehead atoms. The van der Waals surface area contributed by atoms with Crippen molar-refractivity contribution in [2.24, 2.45) is 0 Å². The van der Waals surface area contributed by atoms with Gasteiger partial charge in [0.25, 0.3) is 0 Å². The number of hydrogen-bond donors (Lipinski definition) is 2. The minimum absolute atomic E-state index is 0.112. The van der Waals surface area contributed by atoms with Crippen LogP contribution in [-0.4, -0.2) is 15.8 Å². The van der Waals surface area contributed by atoms with Crippen LogP contribution in [0.1, 0.15) is 17.0 Å². The molecule has 0 atom stereocenters. The van der Waals surface area contributed by atoms with Gasteiger partial charge in [-0.1, -0.05) is 30.3 Å². The summed E-state index contributed by atoms with van der Waals surface area (Å²) in [6.07, 6.45) is 0. The molecule has 1 aromatic heterocycles. The normalized spacial score (nSPS) is 10.5. The quantitative estimate of drug-likeness (QED) is 0.757. The number of rotatable bonds is 4. The van der Waals surface area contributed by atoms with Gasteiger partial charge >= 0.3 is 6.03 Å². The molecule has 0 aliphatic heterocycles. The number of anilines is 1. The van der Waals surface area contributed by atoms with Gasteiger partial charge in [0.15, 0.2) is 0 Å². The van der Waals surface area contributed by atoms with Crippen molar-refractivity contribution in [3.8, 4) is 5.69 Å². The molecule has 1 heterocycles. The number of benzene rings is 2. The SMILES string of the molecule is Cc1cc(C)n(-c2ccccc2NC(=O)NCc2ccccc2F)n1. The Hall–Kier alpha value is -3.15. The van der Waals surface area contributed by atoms with Crippen LogP contribution in [0, 0.1) is 19.7 Å². The second-order valence-electron chi connectivity index (χ2n) is 5.76. The van der Waals surface area contributed by atoms with Crippen molar-refractivity contribution < 1.29 is 9.18 Å². The number of amides is 2. The molecule has 0 saturated carbocycles. The number of aromatic nitrogens is 2. The van der Waals surface area contributed by atoms with Crippen molar-refractivity contribution in [3.63, 3.8) is 0 Å². The molecule has 0 unspecified atom stereocenters. The zero-order valence-electron chi connectivity index (χ0n) is 14.1. The first-order chi connectivity index (χ1) is 12.0. The van der Waals surface area contributed by atoms with Crippen LogP contribution in [0.3, 0.4) is 0 Å². The number of para-hydroxylation sites is 2. The Kier molecular flexibility index (Phi) is 4.79. The third-order valence-corrected chi connectivity index (χ3v) is 3.79. The fourth-order valence-corrected chi connectivity index (χ4v) is 2.62. The summed E-state index contributed by atoms with van der Waals surface area (Å²) < 4.78 is 15.4. The summed E-state index contributed by atoms with van der Waals surface area (Å²) in [5.41, 5.74) is 3.70. The fraction of sp³-hybridized carbons (Fsp3) is 0.158. The first-order valence-corrected chi connectivity index (χ1v) is 7.95. The molecule has 128 valence electrons. The average molecular weight is 338 g/mol. The Balaban J connectivity index is 1.74. The highest BCUT2D eigenvalue weighted by molar-refractivity contribution is 5.91. The molecule has 0 aliphatic carbocycles.